The number of nitrogen functional groups attached to an aromatic ring is 1. The maximum absolute atomic E-state index is 11.6. The second-order valence-electron chi connectivity index (χ2n) is 3.86. The highest BCUT2D eigenvalue weighted by molar-refractivity contribution is 5.33. The normalized spacial score (nSPS) is 10.3. The topological polar surface area (TPSA) is 106 Å². The van der Waals surface area contributed by atoms with Crippen molar-refractivity contribution in [3.63, 3.8) is 0 Å². The van der Waals surface area contributed by atoms with E-state index < -0.39 is 5.69 Å². The van der Waals surface area contributed by atoms with Crippen LogP contribution in [0.5, 0.6) is 0 Å². The number of nitrogens with two attached hydrogens (primary N) is 1. The second-order valence-corrected chi connectivity index (χ2v) is 3.86. The molecule has 0 radical (unpaired) electrons. The molecule has 0 aromatic carbocycles. The third-order valence-corrected chi connectivity index (χ3v) is 2.48. The highest BCUT2D eigenvalue weighted by Gasteiger charge is 2.03. The van der Waals surface area contributed by atoms with Crippen molar-refractivity contribution in [1.29, 1.82) is 0 Å². The molecule has 4 N–H and O–H groups in total. The van der Waals surface area contributed by atoms with Gasteiger partial charge in [0.2, 0.25) is 0 Å². The lowest BCUT2D eigenvalue weighted by Crippen LogP contribution is -2.31. The van der Waals surface area contributed by atoms with Gasteiger partial charge in [0.15, 0.2) is 0 Å². The second kappa shape index (κ2) is 4.84. The molecule has 0 saturated carbocycles. The fourth-order valence-corrected chi connectivity index (χ4v) is 1.56. The largest absolute Gasteiger partial charge is 0.328 e. The lowest BCUT2D eigenvalue weighted by atomic mass is 10.3. The van der Waals surface area contributed by atoms with Gasteiger partial charge in [-0.15, -0.1) is 0 Å². The van der Waals surface area contributed by atoms with Crippen LogP contribution < -0.4 is 22.5 Å². The number of hydrazine groups is 1. The molecule has 0 unspecified atom stereocenters. The molecule has 0 bridgehead atoms. The number of anilines is 1. The van der Waals surface area contributed by atoms with Crippen LogP contribution in [0.2, 0.25) is 0 Å². The van der Waals surface area contributed by atoms with E-state index in [1.165, 1.54) is 10.8 Å². The molecule has 18 heavy (non-hydrogen) atoms. The Morgan fingerprint density at radius 1 is 1.44 bits per heavy atom. The smallest absolute Gasteiger partial charge is 0.308 e. The SMILES string of the molecule is Cc1cn(Cc2cccc(NN)n2)c(=O)[nH]c1=O. The third-order valence-electron chi connectivity index (χ3n) is 2.48. The summed E-state index contributed by atoms with van der Waals surface area (Å²) in [6, 6.07) is 5.26. The minimum absolute atomic E-state index is 0.270. The van der Waals surface area contributed by atoms with Gasteiger partial charge >= 0.3 is 5.69 Å². The van der Waals surface area contributed by atoms with E-state index in [1.54, 1.807) is 25.1 Å². The first-order valence-electron chi connectivity index (χ1n) is 5.33. The summed E-state index contributed by atoms with van der Waals surface area (Å²) in [5, 5.41) is 0. The molecule has 2 aromatic rings. The van der Waals surface area contributed by atoms with Gasteiger partial charge in [0.05, 0.1) is 12.2 Å². The molecular formula is C11H13N5O2. The summed E-state index contributed by atoms with van der Waals surface area (Å²) < 4.78 is 1.39. The van der Waals surface area contributed by atoms with Gasteiger partial charge in [-0.2, -0.15) is 0 Å². The number of aromatic amines is 1. The van der Waals surface area contributed by atoms with E-state index in [0.717, 1.165) is 0 Å². The molecule has 7 nitrogen and oxygen atoms in total. The lowest BCUT2D eigenvalue weighted by Gasteiger charge is -2.06. The number of H-pyrrole nitrogens is 1. The minimum Gasteiger partial charge on any atom is -0.308 e. The summed E-state index contributed by atoms with van der Waals surface area (Å²) in [4.78, 5) is 29.3. The van der Waals surface area contributed by atoms with Gasteiger partial charge in [0.1, 0.15) is 5.82 Å². The highest BCUT2D eigenvalue weighted by atomic mass is 16.2. The molecular weight excluding hydrogens is 234 g/mol. The molecule has 2 rings (SSSR count). The van der Waals surface area contributed by atoms with E-state index in [4.69, 9.17) is 5.84 Å². The summed E-state index contributed by atoms with van der Waals surface area (Å²) >= 11 is 0. The molecule has 94 valence electrons. The third kappa shape index (κ3) is 2.46. The average Bonchev–Trinajstić information content (AvgIpc) is 2.36. The molecule has 2 aromatic heterocycles. The number of rotatable bonds is 3. The van der Waals surface area contributed by atoms with Crippen LogP contribution in [0.3, 0.4) is 0 Å². The Kier molecular flexibility index (Phi) is 3.24. The van der Waals surface area contributed by atoms with Crippen molar-refractivity contribution in [2.45, 2.75) is 13.5 Å². The highest BCUT2D eigenvalue weighted by Crippen LogP contribution is 2.04. The Morgan fingerprint density at radius 3 is 2.94 bits per heavy atom. The monoisotopic (exact) mass is 247 g/mol. The van der Waals surface area contributed by atoms with E-state index >= 15 is 0 Å². The van der Waals surface area contributed by atoms with E-state index in [9.17, 15) is 9.59 Å². The number of pyridine rings is 1. The molecule has 0 aliphatic carbocycles. The van der Waals surface area contributed by atoms with Crippen LogP contribution in [-0.2, 0) is 6.54 Å². The summed E-state index contributed by atoms with van der Waals surface area (Å²) in [6.45, 7) is 1.91. The van der Waals surface area contributed by atoms with E-state index in [1.807, 2.05) is 0 Å². The first-order chi connectivity index (χ1) is 8.60. The Labute approximate surface area is 102 Å². The van der Waals surface area contributed by atoms with Crippen LogP contribution in [0.4, 0.5) is 5.82 Å². The molecule has 0 atom stereocenters. The molecule has 2 heterocycles. The minimum atomic E-state index is -0.460. The number of aryl methyl sites for hydroxylation is 1. The number of nitrogens with zero attached hydrogens (tertiary/aromatic N) is 2. The van der Waals surface area contributed by atoms with E-state index in [2.05, 4.69) is 15.4 Å². The Bertz CT molecular complexity index is 674. The molecule has 7 heteroatoms. The number of hydrogen-bond donors (Lipinski definition) is 3. The zero-order valence-electron chi connectivity index (χ0n) is 9.80. The molecule has 0 spiro atoms. The van der Waals surface area contributed by atoms with E-state index in [0.29, 0.717) is 17.1 Å². The van der Waals surface area contributed by atoms with Crippen molar-refractivity contribution in [2.75, 3.05) is 5.43 Å². The van der Waals surface area contributed by atoms with Crippen molar-refractivity contribution >= 4 is 5.82 Å². The zero-order valence-corrected chi connectivity index (χ0v) is 9.80. The summed E-state index contributed by atoms with van der Waals surface area (Å²) in [7, 11) is 0. The molecule has 0 saturated heterocycles. The van der Waals surface area contributed by atoms with Gasteiger partial charge < -0.3 is 5.43 Å². The van der Waals surface area contributed by atoms with Crippen molar-refractivity contribution in [3.8, 4) is 0 Å². The zero-order chi connectivity index (χ0) is 13.1. The van der Waals surface area contributed by atoms with Crippen LogP contribution in [-0.4, -0.2) is 14.5 Å². The first kappa shape index (κ1) is 12.1. The summed E-state index contributed by atoms with van der Waals surface area (Å²) in [6.07, 6.45) is 1.51. The molecule has 0 amide bonds. The Hall–Kier alpha value is -2.41. The lowest BCUT2D eigenvalue weighted by molar-refractivity contribution is 0.699. The number of aromatic nitrogens is 3. The number of nitrogens with one attached hydrogen (secondary N) is 2. The van der Waals surface area contributed by atoms with Crippen molar-refractivity contribution in [1.82, 2.24) is 14.5 Å². The summed E-state index contributed by atoms with van der Waals surface area (Å²) in [5.41, 5.74) is 2.74. The fraction of sp³-hybridized carbons (Fsp3) is 0.182. The predicted octanol–water partition coefficient (Wildman–Crippen LogP) is -0.426. The molecule has 0 fully saturated rings. The van der Waals surface area contributed by atoms with Crippen LogP contribution in [0.15, 0.2) is 34.0 Å². The van der Waals surface area contributed by atoms with Gasteiger partial charge in [0.25, 0.3) is 5.56 Å². The van der Waals surface area contributed by atoms with Crippen LogP contribution in [0.25, 0.3) is 0 Å². The summed E-state index contributed by atoms with van der Waals surface area (Å²) in [5.74, 6) is 5.77. The van der Waals surface area contributed by atoms with Crippen LogP contribution in [0.1, 0.15) is 11.3 Å². The maximum Gasteiger partial charge on any atom is 0.328 e. The van der Waals surface area contributed by atoms with Gasteiger partial charge in [0, 0.05) is 11.8 Å². The average molecular weight is 247 g/mol. The first-order valence-corrected chi connectivity index (χ1v) is 5.33. The maximum atomic E-state index is 11.6. The fourth-order valence-electron chi connectivity index (χ4n) is 1.56. The quantitative estimate of drug-likeness (QED) is 0.504. The van der Waals surface area contributed by atoms with Gasteiger partial charge in [-0.25, -0.2) is 15.6 Å². The number of hydrogen-bond acceptors (Lipinski definition) is 5. The van der Waals surface area contributed by atoms with E-state index in [-0.39, 0.29) is 12.1 Å². The Morgan fingerprint density at radius 2 is 2.22 bits per heavy atom. The van der Waals surface area contributed by atoms with Crippen molar-refractivity contribution in [2.24, 2.45) is 5.84 Å². The van der Waals surface area contributed by atoms with Crippen LogP contribution in [0, 0.1) is 6.92 Å². The molecule has 0 aliphatic heterocycles. The van der Waals surface area contributed by atoms with Crippen molar-refractivity contribution < 1.29 is 0 Å². The standard InChI is InChI=1S/C11H13N5O2/c1-7-5-16(11(18)14-10(7)17)6-8-3-2-4-9(13-8)15-12/h2-5H,6,12H2,1H3,(H,13,15)(H,14,17,18). The van der Waals surface area contributed by atoms with Gasteiger partial charge in [-0.1, -0.05) is 6.07 Å². The van der Waals surface area contributed by atoms with Crippen molar-refractivity contribution in [3.05, 3.63) is 56.5 Å². The van der Waals surface area contributed by atoms with Gasteiger partial charge in [-0.3, -0.25) is 14.3 Å². The van der Waals surface area contributed by atoms with Crippen LogP contribution >= 0.6 is 0 Å². The van der Waals surface area contributed by atoms with Gasteiger partial charge in [-0.05, 0) is 19.1 Å². The molecule has 0 aliphatic rings. The predicted molar refractivity (Wildman–Crippen MR) is 67.2 cm³/mol. The Balaban J connectivity index is 2.36.